The van der Waals surface area contributed by atoms with Gasteiger partial charge in [0.15, 0.2) is 0 Å². The lowest BCUT2D eigenvalue weighted by molar-refractivity contribution is 0.0951. The zero-order valence-corrected chi connectivity index (χ0v) is 11.8. The normalized spacial score (nSPS) is 10.1. The Morgan fingerprint density at radius 3 is 2.56 bits per heavy atom. The van der Waals surface area contributed by atoms with Gasteiger partial charge in [0.2, 0.25) is 0 Å². The Morgan fingerprint density at radius 1 is 1.17 bits per heavy atom. The van der Waals surface area contributed by atoms with E-state index in [4.69, 9.17) is 5.73 Å². The highest BCUT2D eigenvalue weighted by Gasteiger charge is 2.04. The minimum atomic E-state index is -0.0890. The maximum absolute atomic E-state index is 11.9. The summed E-state index contributed by atoms with van der Waals surface area (Å²) in [7, 11) is 0. The SMILES string of the molecule is Nc1ccc(C(=O)NCc2cccc(I)c2)cc1. The molecule has 0 radical (unpaired) electrons. The van der Waals surface area contributed by atoms with Gasteiger partial charge in [0.05, 0.1) is 0 Å². The average Bonchev–Trinajstić information content (AvgIpc) is 2.37. The van der Waals surface area contributed by atoms with E-state index in [9.17, 15) is 4.79 Å². The van der Waals surface area contributed by atoms with Crippen LogP contribution in [0, 0.1) is 3.57 Å². The maximum Gasteiger partial charge on any atom is 0.251 e. The molecule has 0 aliphatic rings. The third-order valence-corrected chi connectivity index (χ3v) is 3.19. The smallest absolute Gasteiger partial charge is 0.251 e. The van der Waals surface area contributed by atoms with Crippen LogP contribution in [0.4, 0.5) is 5.69 Å². The monoisotopic (exact) mass is 352 g/mol. The van der Waals surface area contributed by atoms with Crippen LogP contribution in [0.3, 0.4) is 0 Å². The van der Waals surface area contributed by atoms with Crippen LogP contribution >= 0.6 is 22.6 Å². The van der Waals surface area contributed by atoms with Gasteiger partial charge in [0.1, 0.15) is 0 Å². The fraction of sp³-hybridized carbons (Fsp3) is 0.0714. The molecule has 3 N–H and O–H groups in total. The molecule has 0 bridgehead atoms. The Morgan fingerprint density at radius 2 is 1.89 bits per heavy atom. The van der Waals surface area contributed by atoms with Gasteiger partial charge >= 0.3 is 0 Å². The highest BCUT2D eigenvalue weighted by molar-refractivity contribution is 14.1. The highest BCUT2D eigenvalue weighted by Crippen LogP contribution is 2.08. The van der Waals surface area contributed by atoms with Crippen molar-refractivity contribution in [3.8, 4) is 0 Å². The molecule has 4 heteroatoms. The topological polar surface area (TPSA) is 55.1 Å². The number of nitrogen functional groups attached to an aromatic ring is 1. The highest BCUT2D eigenvalue weighted by atomic mass is 127. The minimum Gasteiger partial charge on any atom is -0.399 e. The van der Waals surface area contributed by atoms with Crippen LogP contribution in [0.15, 0.2) is 48.5 Å². The molecule has 92 valence electrons. The van der Waals surface area contributed by atoms with E-state index in [1.807, 2.05) is 24.3 Å². The fourth-order valence-electron chi connectivity index (χ4n) is 1.57. The first-order valence-corrected chi connectivity index (χ1v) is 6.61. The first-order chi connectivity index (χ1) is 8.65. The third-order valence-electron chi connectivity index (χ3n) is 2.51. The van der Waals surface area contributed by atoms with Crippen molar-refractivity contribution < 1.29 is 4.79 Å². The quantitative estimate of drug-likeness (QED) is 0.659. The summed E-state index contributed by atoms with van der Waals surface area (Å²) >= 11 is 2.25. The first kappa shape index (κ1) is 12.9. The van der Waals surface area contributed by atoms with E-state index < -0.39 is 0 Å². The number of hydrogen-bond acceptors (Lipinski definition) is 2. The van der Waals surface area contributed by atoms with Crippen molar-refractivity contribution in [3.05, 3.63) is 63.2 Å². The molecule has 2 rings (SSSR count). The molecule has 0 saturated carbocycles. The van der Waals surface area contributed by atoms with Gasteiger partial charge < -0.3 is 11.1 Å². The number of amides is 1. The van der Waals surface area contributed by atoms with Crippen LogP contribution in [-0.2, 0) is 6.54 Å². The summed E-state index contributed by atoms with van der Waals surface area (Å²) in [6.45, 7) is 0.528. The summed E-state index contributed by atoms with van der Waals surface area (Å²) < 4.78 is 1.16. The molecule has 0 heterocycles. The van der Waals surface area contributed by atoms with Crippen molar-refractivity contribution in [2.24, 2.45) is 0 Å². The lowest BCUT2D eigenvalue weighted by atomic mass is 10.2. The molecule has 0 fully saturated rings. The summed E-state index contributed by atoms with van der Waals surface area (Å²) in [5.41, 5.74) is 7.94. The summed E-state index contributed by atoms with van der Waals surface area (Å²) in [5.74, 6) is -0.0890. The first-order valence-electron chi connectivity index (χ1n) is 5.53. The van der Waals surface area contributed by atoms with Gasteiger partial charge in [-0.3, -0.25) is 4.79 Å². The van der Waals surface area contributed by atoms with E-state index in [1.54, 1.807) is 24.3 Å². The number of anilines is 1. The Hall–Kier alpha value is -1.56. The Bertz CT molecular complexity index is 552. The molecule has 1 amide bonds. The van der Waals surface area contributed by atoms with E-state index in [-0.39, 0.29) is 5.91 Å². The summed E-state index contributed by atoms with van der Waals surface area (Å²) in [5, 5.41) is 2.88. The van der Waals surface area contributed by atoms with Crippen molar-refractivity contribution in [2.75, 3.05) is 5.73 Å². The Balaban J connectivity index is 1.98. The molecule has 0 aliphatic heterocycles. The van der Waals surface area contributed by atoms with Crippen LogP contribution in [0.5, 0.6) is 0 Å². The molecule has 0 aromatic heterocycles. The second-order valence-corrected chi connectivity index (χ2v) is 5.18. The molecule has 0 aliphatic carbocycles. The van der Waals surface area contributed by atoms with Crippen LogP contribution in [-0.4, -0.2) is 5.91 Å². The fourth-order valence-corrected chi connectivity index (χ4v) is 2.17. The number of carbonyl (C=O) groups is 1. The lowest BCUT2D eigenvalue weighted by Gasteiger charge is -2.06. The maximum atomic E-state index is 11.9. The lowest BCUT2D eigenvalue weighted by Crippen LogP contribution is -2.22. The summed E-state index contributed by atoms with van der Waals surface area (Å²) in [4.78, 5) is 11.9. The average molecular weight is 352 g/mol. The van der Waals surface area contributed by atoms with E-state index in [2.05, 4.69) is 27.9 Å². The van der Waals surface area contributed by atoms with Crippen LogP contribution in [0.1, 0.15) is 15.9 Å². The van der Waals surface area contributed by atoms with E-state index in [1.165, 1.54) is 0 Å². The number of rotatable bonds is 3. The summed E-state index contributed by atoms with van der Waals surface area (Å²) in [6.07, 6.45) is 0. The van der Waals surface area contributed by atoms with Gasteiger partial charge in [-0.25, -0.2) is 0 Å². The van der Waals surface area contributed by atoms with Crippen molar-refractivity contribution >= 4 is 34.2 Å². The molecule has 0 spiro atoms. The third kappa shape index (κ3) is 3.46. The van der Waals surface area contributed by atoms with Crippen LogP contribution in [0.2, 0.25) is 0 Å². The second-order valence-electron chi connectivity index (χ2n) is 3.93. The number of nitrogens with two attached hydrogens (primary N) is 1. The van der Waals surface area contributed by atoms with Gasteiger partial charge in [-0.15, -0.1) is 0 Å². The van der Waals surface area contributed by atoms with Crippen molar-refractivity contribution in [1.29, 1.82) is 0 Å². The van der Waals surface area contributed by atoms with Crippen molar-refractivity contribution in [1.82, 2.24) is 5.32 Å². The zero-order valence-electron chi connectivity index (χ0n) is 9.69. The van der Waals surface area contributed by atoms with Gasteiger partial charge in [0.25, 0.3) is 5.91 Å². The molecule has 18 heavy (non-hydrogen) atoms. The van der Waals surface area contributed by atoms with Crippen LogP contribution < -0.4 is 11.1 Å². The number of nitrogens with one attached hydrogen (secondary N) is 1. The van der Waals surface area contributed by atoms with Crippen molar-refractivity contribution in [3.63, 3.8) is 0 Å². The standard InChI is InChI=1S/C14H13IN2O/c15-12-3-1-2-10(8-12)9-17-14(18)11-4-6-13(16)7-5-11/h1-8H,9,16H2,(H,17,18). The predicted molar refractivity (Wildman–Crippen MR) is 81.2 cm³/mol. The summed E-state index contributed by atoms with van der Waals surface area (Å²) in [6, 6.07) is 14.9. The minimum absolute atomic E-state index is 0.0890. The largest absolute Gasteiger partial charge is 0.399 e. The molecular weight excluding hydrogens is 339 g/mol. The van der Waals surface area contributed by atoms with E-state index in [0.717, 1.165) is 9.13 Å². The van der Waals surface area contributed by atoms with Gasteiger partial charge in [0, 0.05) is 21.4 Å². The number of halogens is 1. The Labute approximate surface area is 120 Å². The van der Waals surface area contributed by atoms with Crippen molar-refractivity contribution in [2.45, 2.75) is 6.54 Å². The Kier molecular flexibility index (Phi) is 4.19. The molecule has 0 saturated heterocycles. The van der Waals surface area contributed by atoms with E-state index >= 15 is 0 Å². The number of benzene rings is 2. The zero-order chi connectivity index (χ0) is 13.0. The molecule has 0 atom stereocenters. The molecule has 2 aromatic rings. The van der Waals surface area contributed by atoms with Gasteiger partial charge in [-0.05, 0) is 64.6 Å². The molecule has 2 aromatic carbocycles. The number of hydrogen-bond donors (Lipinski definition) is 2. The van der Waals surface area contributed by atoms with Crippen LogP contribution in [0.25, 0.3) is 0 Å². The number of carbonyl (C=O) groups excluding carboxylic acids is 1. The predicted octanol–water partition coefficient (Wildman–Crippen LogP) is 2.80. The van der Waals surface area contributed by atoms with Gasteiger partial charge in [-0.1, -0.05) is 12.1 Å². The van der Waals surface area contributed by atoms with E-state index in [0.29, 0.717) is 17.8 Å². The molecular formula is C14H13IN2O. The van der Waals surface area contributed by atoms with Gasteiger partial charge in [-0.2, -0.15) is 0 Å². The molecule has 3 nitrogen and oxygen atoms in total. The molecule has 0 unspecified atom stereocenters. The second kappa shape index (κ2) is 5.86.